The Morgan fingerprint density at radius 3 is 2.65 bits per heavy atom. The van der Waals surface area contributed by atoms with Gasteiger partial charge >= 0.3 is 0 Å². The zero-order valence-corrected chi connectivity index (χ0v) is 10.4. The molecule has 0 aliphatic carbocycles. The molecule has 17 heavy (non-hydrogen) atoms. The highest BCUT2D eigenvalue weighted by atomic mass is 19.1. The molecule has 0 N–H and O–H groups in total. The first-order valence-corrected chi connectivity index (χ1v) is 6.10. The zero-order valence-electron chi connectivity index (χ0n) is 10.4. The summed E-state index contributed by atoms with van der Waals surface area (Å²) in [7, 11) is 0. The SMILES string of the molecule is CC(C)c1ccc2n1C(C)c1cc(F)ccc1-2. The number of nitrogens with zero attached hydrogens (tertiary/aromatic N) is 1. The minimum atomic E-state index is -0.146. The molecule has 2 heterocycles. The van der Waals surface area contributed by atoms with Gasteiger partial charge in [0.2, 0.25) is 0 Å². The lowest BCUT2D eigenvalue weighted by Gasteiger charge is -2.15. The lowest BCUT2D eigenvalue weighted by Crippen LogP contribution is -2.06. The molecule has 0 radical (unpaired) electrons. The van der Waals surface area contributed by atoms with Gasteiger partial charge in [-0.25, -0.2) is 4.39 Å². The Kier molecular flexibility index (Phi) is 2.15. The lowest BCUT2D eigenvalue weighted by atomic mass is 10.0. The van der Waals surface area contributed by atoms with Gasteiger partial charge in [0.05, 0.1) is 6.04 Å². The first-order valence-electron chi connectivity index (χ1n) is 6.10. The van der Waals surface area contributed by atoms with Crippen molar-refractivity contribution in [3.63, 3.8) is 0 Å². The van der Waals surface area contributed by atoms with Crippen molar-refractivity contribution in [3.05, 3.63) is 47.4 Å². The highest BCUT2D eigenvalue weighted by Gasteiger charge is 2.27. The highest BCUT2D eigenvalue weighted by molar-refractivity contribution is 5.70. The molecule has 2 heteroatoms. The van der Waals surface area contributed by atoms with Gasteiger partial charge in [-0.15, -0.1) is 0 Å². The molecule has 1 atom stereocenters. The van der Waals surface area contributed by atoms with Gasteiger partial charge in [0, 0.05) is 17.0 Å². The van der Waals surface area contributed by atoms with Crippen LogP contribution in [-0.4, -0.2) is 4.57 Å². The molecule has 0 saturated carbocycles. The maximum atomic E-state index is 13.3. The van der Waals surface area contributed by atoms with Crippen molar-refractivity contribution in [2.24, 2.45) is 0 Å². The second-order valence-electron chi connectivity index (χ2n) is 5.08. The van der Waals surface area contributed by atoms with Crippen LogP contribution >= 0.6 is 0 Å². The molecule has 1 nitrogen and oxygen atoms in total. The summed E-state index contributed by atoms with van der Waals surface area (Å²) < 4.78 is 15.6. The van der Waals surface area contributed by atoms with Gasteiger partial charge in [0.25, 0.3) is 0 Å². The van der Waals surface area contributed by atoms with Gasteiger partial charge in [-0.1, -0.05) is 13.8 Å². The van der Waals surface area contributed by atoms with Crippen LogP contribution in [0.3, 0.4) is 0 Å². The maximum Gasteiger partial charge on any atom is 0.123 e. The number of fused-ring (bicyclic) bond motifs is 3. The van der Waals surface area contributed by atoms with E-state index in [1.165, 1.54) is 17.0 Å². The number of aromatic nitrogens is 1. The van der Waals surface area contributed by atoms with Crippen molar-refractivity contribution in [3.8, 4) is 11.3 Å². The van der Waals surface area contributed by atoms with Crippen molar-refractivity contribution in [1.82, 2.24) is 4.57 Å². The predicted octanol–water partition coefficient (Wildman–Crippen LogP) is 4.34. The van der Waals surface area contributed by atoms with Crippen LogP contribution in [0, 0.1) is 5.82 Å². The maximum absolute atomic E-state index is 13.3. The number of benzene rings is 1. The van der Waals surface area contributed by atoms with Gasteiger partial charge in [0.15, 0.2) is 0 Å². The molecular weight excluding hydrogens is 213 g/mol. The van der Waals surface area contributed by atoms with Crippen molar-refractivity contribution in [2.45, 2.75) is 32.7 Å². The van der Waals surface area contributed by atoms with Crippen LogP contribution in [0.1, 0.15) is 44.0 Å². The van der Waals surface area contributed by atoms with E-state index in [9.17, 15) is 4.39 Å². The standard InChI is InChI=1S/C15H16FN/c1-9(2)14-6-7-15-12-5-4-11(16)8-13(12)10(3)17(14)15/h4-10H,1-3H3. The monoisotopic (exact) mass is 229 g/mol. The van der Waals surface area contributed by atoms with Gasteiger partial charge < -0.3 is 4.57 Å². The fraction of sp³-hybridized carbons (Fsp3) is 0.333. The smallest absolute Gasteiger partial charge is 0.123 e. The van der Waals surface area contributed by atoms with Crippen molar-refractivity contribution < 1.29 is 4.39 Å². The zero-order chi connectivity index (χ0) is 12.2. The summed E-state index contributed by atoms with van der Waals surface area (Å²) in [6, 6.07) is 9.67. The van der Waals surface area contributed by atoms with Crippen LogP contribution in [0.25, 0.3) is 11.3 Å². The molecule has 88 valence electrons. The van der Waals surface area contributed by atoms with E-state index >= 15 is 0 Å². The van der Waals surface area contributed by atoms with Crippen LogP contribution in [0.2, 0.25) is 0 Å². The molecule has 0 spiro atoms. The Morgan fingerprint density at radius 1 is 1.18 bits per heavy atom. The fourth-order valence-electron chi connectivity index (χ4n) is 2.84. The molecule has 0 amide bonds. The number of halogens is 1. The third-order valence-corrected chi connectivity index (χ3v) is 3.67. The fourth-order valence-corrected chi connectivity index (χ4v) is 2.84. The summed E-state index contributed by atoms with van der Waals surface area (Å²) in [5, 5.41) is 0. The summed E-state index contributed by atoms with van der Waals surface area (Å²) >= 11 is 0. The van der Waals surface area contributed by atoms with Crippen LogP contribution in [-0.2, 0) is 0 Å². The van der Waals surface area contributed by atoms with Crippen molar-refractivity contribution in [2.75, 3.05) is 0 Å². The van der Waals surface area contributed by atoms with Crippen LogP contribution in [0.5, 0.6) is 0 Å². The molecule has 1 aromatic carbocycles. The van der Waals surface area contributed by atoms with E-state index in [1.807, 2.05) is 6.07 Å². The van der Waals surface area contributed by atoms with Gasteiger partial charge in [-0.3, -0.25) is 0 Å². The molecular formula is C15H16FN. The van der Waals surface area contributed by atoms with Crippen molar-refractivity contribution >= 4 is 0 Å². The quantitative estimate of drug-likeness (QED) is 0.685. The van der Waals surface area contributed by atoms with Gasteiger partial charge in [0.1, 0.15) is 5.82 Å². The van der Waals surface area contributed by atoms with E-state index < -0.39 is 0 Å². The molecule has 1 aliphatic heterocycles. The predicted molar refractivity (Wildman–Crippen MR) is 67.7 cm³/mol. The van der Waals surface area contributed by atoms with Crippen LogP contribution < -0.4 is 0 Å². The largest absolute Gasteiger partial charge is 0.337 e. The molecule has 2 aromatic rings. The second kappa shape index (κ2) is 3.46. The Bertz CT molecular complexity index is 581. The third kappa shape index (κ3) is 1.36. The van der Waals surface area contributed by atoms with Gasteiger partial charge in [-0.2, -0.15) is 0 Å². The average Bonchev–Trinajstić information content (AvgIpc) is 2.81. The molecule has 1 aromatic heterocycles. The van der Waals surface area contributed by atoms with E-state index in [0.717, 1.165) is 5.56 Å². The Balaban J connectivity index is 2.24. The van der Waals surface area contributed by atoms with Crippen molar-refractivity contribution in [1.29, 1.82) is 0 Å². The number of rotatable bonds is 1. The lowest BCUT2D eigenvalue weighted by molar-refractivity contribution is 0.601. The second-order valence-corrected chi connectivity index (χ2v) is 5.08. The van der Waals surface area contributed by atoms with E-state index in [-0.39, 0.29) is 11.9 Å². The minimum Gasteiger partial charge on any atom is -0.337 e. The Hall–Kier alpha value is -1.57. The van der Waals surface area contributed by atoms with E-state index in [1.54, 1.807) is 12.1 Å². The van der Waals surface area contributed by atoms with Crippen LogP contribution in [0.4, 0.5) is 4.39 Å². The first kappa shape index (κ1) is 10.6. The van der Waals surface area contributed by atoms with E-state index in [0.29, 0.717) is 5.92 Å². The molecule has 0 fully saturated rings. The molecule has 1 aliphatic rings. The minimum absolute atomic E-state index is 0.146. The van der Waals surface area contributed by atoms with E-state index in [2.05, 4.69) is 37.5 Å². The molecule has 3 rings (SSSR count). The summed E-state index contributed by atoms with van der Waals surface area (Å²) in [5.74, 6) is 0.345. The molecule has 0 saturated heterocycles. The Morgan fingerprint density at radius 2 is 1.94 bits per heavy atom. The third-order valence-electron chi connectivity index (χ3n) is 3.67. The summed E-state index contributed by atoms with van der Waals surface area (Å²) in [6.45, 7) is 6.53. The highest BCUT2D eigenvalue weighted by Crippen LogP contribution is 2.42. The summed E-state index contributed by atoms with van der Waals surface area (Å²) in [6.07, 6.45) is 0. The first-order chi connectivity index (χ1) is 8.09. The normalized spacial score (nSPS) is 17.4. The number of hydrogen-bond acceptors (Lipinski definition) is 0. The van der Waals surface area contributed by atoms with E-state index in [4.69, 9.17) is 0 Å². The Labute approximate surface area is 101 Å². The molecule has 1 unspecified atom stereocenters. The number of hydrogen-bond donors (Lipinski definition) is 0. The summed E-state index contributed by atoms with van der Waals surface area (Å²) in [4.78, 5) is 0. The topological polar surface area (TPSA) is 4.93 Å². The molecule has 0 bridgehead atoms. The summed E-state index contributed by atoms with van der Waals surface area (Å²) in [5.41, 5.74) is 4.81. The van der Waals surface area contributed by atoms with Gasteiger partial charge in [-0.05, 0) is 48.7 Å². The van der Waals surface area contributed by atoms with Crippen LogP contribution in [0.15, 0.2) is 30.3 Å². The average molecular weight is 229 g/mol.